The maximum Gasteiger partial charge on any atom is 0.311 e. The molecule has 0 fully saturated rings. The van der Waals surface area contributed by atoms with Gasteiger partial charge in [0.25, 0.3) is 0 Å². The van der Waals surface area contributed by atoms with Gasteiger partial charge >= 0.3 is 5.97 Å². The lowest BCUT2D eigenvalue weighted by molar-refractivity contribution is -0.146. The van der Waals surface area contributed by atoms with E-state index in [9.17, 15) is 4.79 Å². The van der Waals surface area contributed by atoms with Crippen molar-refractivity contribution in [3.05, 3.63) is 34.9 Å². The lowest BCUT2D eigenvalue weighted by Gasteiger charge is -2.14. The van der Waals surface area contributed by atoms with E-state index in [1.165, 1.54) is 0 Å². The molecule has 1 atom stereocenters. The third kappa shape index (κ3) is 6.63. The van der Waals surface area contributed by atoms with Crippen LogP contribution in [0.3, 0.4) is 0 Å². The first-order chi connectivity index (χ1) is 9.51. The molecule has 0 saturated carbocycles. The Bertz CT molecular complexity index is 480. The summed E-state index contributed by atoms with van der Waals surface area (Å²) in [6, 6.07) is 7.21. The second-order valence-corrected chi connectivity index (χ2v) is 5.52. The van der Waals surface area contributed by atoms with Gasteiger partial charge in [0, 0.05) is 11.4 Å². The zero-order valence-electron chi connectivity index (χ0n) is 12.3. The molecule has 0 bridgehead atoms. The van der Waals surface area contributed by atoms with Crippen molar-refractivity contribution < 1.29 is 9.53 Å². The predicted octanol–water partition coefficient (Wildman–Crippen LogP) is 4.25. The topological polar surface area (TPSA) is 26.3 Å². The Hall–Kier alpha value is -1.46. The Morgan fingerprint density at radius 3 is 2.50 bits per heavy atom. The fourth-order valence-electron chi connectivity index (χ4n) is 1.75. The Balaban J connectivity index is 2.58. The number of benzene rings is 1. The van der Waals surface area contributed by atoms with Crippen molar-refractivity contribution in [2.45, 2.75) is 46.1 Å². The quantitative estimate of drug-likeness (QED) is 0.599. The van der Waals surface area contributed by atoms with Gasteiger partial charge in [0.1, 0.15) is 0 Å². The fraction of sp³-hybridized carbons (Fsp3) is 0.471. The number of carbonyl (C=O) groups excluding carboxylic acids is 1. The molecule has 0 spiro atoms. The SMILES string of the molecule is CCC#CC(CC(C)C)OC(=O)Cc1ccc(Cl)cc1. The van der Waals surface area contributed by atoms with Gasteiger partial charge in [-0.3, -0.25) is 4.79 Å². The summed E-state index contributed by atoms with van der Waals surface area (Å²) in [6.45, 7) is 6.16. The minimum absolute atomic E-state index is 0.247. The Morgan fingerprint density at radius 1 is 1.30 bits per heavy atom. The van der Waals surface area contributed by atoms with Crippen LogP contribution >= 0.6 is 11.6 Å². The standard InChI is InChI=1S/C17H21ClO2/c1-4-5-6-16(11-13(2)3)20-17(19)12-14-7-9-15(18)10-8-14/h7-10,13,16H,4,11-12H2,1-3H3. The number of esters is 1. The summed E-state index contributed by atoms with van der Waals surface area (Å²) in [5, 5.41) is 0.661. The molecule has 0 aliphatic carbocycles. The summed E-state index contributed by atoms with van der Waals surface area (Å²) in [7, 11) is 0. The summed E-state index contributed by atoms with van der Waals surface area (Å²) < 4.78 is 5.45. The molecule has 1 unspecified atom stereocenters. The zero-order chi connectivity index (χ0) is 15.0. The summed E-state index contributed by atoms with van der Waals surface area (Å²) in [4.78, 5) is 11.9. The van der Waals surface area contributed by atoms with Crippen molar-refractivity contribution in [2.24, 2.45) is 5.92 Å². The van der Waals surface area contributed by atoms with E-state index in [1.807, 2.05) is 19.1 Å². The summed E-state index contributed by atoms with van der Waals surface area (Å²) in [6.07, 6.45) is 1.47. The molecule has 0 saturated heterocycles. The molecular formula is C17H21ClO2. The lowest BCUT2D eigenvalue weighted by atomic mass is 10.1. The Morgan fingerprint density at radius 2 is 1.95 bits per heavy atom. The fourth-order valence-corrected chi connectivity index (χ4v) is 1.88. The van der Waals surface area contributed by atoms with E-state index in [2.05, 4.69) is 25.7 Å². The van der Waals surface area contributed by atoms with E-state index >= 15 is 0 Å². The number of hydrogen-bond donors (Lipinski definition) is 0. The van der Waals surface area contributed by atoms with Crippen LogP contribution in [-0.4, -0.2) is 12.1 Å². The van der Waals surface area contributed by atoms with Gasteiger partial charge in [0.15, 0.2) is 6.10 Å². The van der Waals surface area contributed by atoms with Gasteiger partial charge in [-0.2, -0.15) is 0 Å². The molecule has 0 aromatic heterocycles. The van der Waals surface area contributed by atoms with Crippen molar-refractivity contribution in [1.82, 2.24) is 0 Å². The van der Waals surface area contributed by atoms with E-state index in [1.54, 1.807) is 12.1 Å². The average Bonchev–Trinajstić information content (AvgIpc) is 2.38. The van der Waals surface area contributed by atoms with Crippen LogP contribution in [0.5, 0.6) is 0 Å². The molecule has 0 aliphatic rings. The first kappa shape index (κ1) is 16.6. The van der Waals surface area contributed by atoms with Crippen molar-refractivity contribution in [1.29, 1.82) is 0 Å². The summed E-state index contributed by atoms with van der Waals surface area (Å²) in [5.41, 5.74) is 0.895. The normalized spacial score (nSPS) is 11.7. The largest absolute Gasteiger partial charge is 0.449 e. The van der Waals surface area contributed by atoms with Gasteiger partial charge in [-0.05, 0) is 30.0 Å². The van der Waals surface area contributed by atoms with Crippen LogP contribution in [0.15, 0.2) is 24.3 Å². The van der Waals surface area contributed by atoms with E-state index in [-0.39, 0.29) is 18.5 Å². The van der Waals surface area contributed by atoms with Crippen LogP contribution < -0.4 is 0 Å². The highest BCUT2D eigenvalue weighted by Gasteiger charge is 2.14. The molecule has 2 nitrogen and oxygen atoms in total. The maximum atomic E-state index is 11.9. The third-order valence-corrected chi connectivity index (χ3v) is 2.91. The average molecular weight is 293 g/mol. The molecule has 0 N–H and O–H groups in total. The second kappa shape index (κ2) is 8.66. The van der Waals surface area contributed by atoms with Crippen LogP contribution in [0, 0.1) is 17.8 Å². The summed E-state index contributed by atoms with van der Waals surface area (Å²) >= 11 is 5.81. The number of hydrogen-bond acceptors (Lipinski definition) is 2. The molecule has 0 aliphatic heterocycles. The molecular weight excluding hydrogens is 272 g/mol. The van der Waals surface area contributed by atoms with E-state index < -0.39 is 0 Å². The van der Waals surface area contributed by atoms with E-state index in [0.29, 0.717) is 10.9 Å². The minimum Gasteiger partial charge on any atom is -0.449 e. The number of ether oxygens (including phenoxy) is 1. The second-order valence-electron chi connectivity index (χ2n) is 5.09. The molecule has 1 aromatic rings. The van der Waals surface area contributed by atoms with Crippen LogP contribution in [0.25, 0.3) is 0 Å². The van der Waals surface area contributed by atoms with Gasteiger partial charge in [-0.15, -0.1) is 0 Å². The smallest absolute Gasteiger partial charge is 0.311 e. The molecule has 20 heavy (non-hydrogen) atoms. The first-order valence-corrected chi connectivity index (χ1v) is 7.31. The third-order valence-electron chi connectivity index (χ3n) is 2.66. The van der Waals surface area contributed by atoms with Crippen molar-refractivity contribution in [3.8, 4) is 11.8 Å². The molecule has 108 valence electrons. The van der Waals surface area contributed by atoms with Gasteiger partial charge in [-0.25, -0.2) is 0 Å². The lowest BCUT2D eigenvalue weighted by Crippen LogP contribution is -2.20. The molecule has 0 radical (unpaired) electrons. The van der Waals surface area contributed by atoms with Gasteiger partial charge in [0.05, 0.1) is 6.42 Å². The summed E-state index contributed by atoms with van der Waals surface area (Å²) in [5.74, 6) is 6.19. The predicted molar refractivity (Wildman–Crippen MR) is 82.6 cm³/mol. The van der Waals surface area contributed by atoms with Crippen molar-refractivity contribution in [3.63, 3.8) is 0 Å². The number of rotatable bonds is 5. The highest BCUT2D eigenvalue weighted by molar-refractivity contribution is 6.30. The van der Waals surface area contributed by atoms with Crippen molar-refractivity contribution >= 4 is 17.6 Å². The number of halogens is 1. The van der Waals surface area contributed by atoms with Gasteiger partial charge in [0.2, 0.25) is 0 Å². The van der Waals surface area contributed by atoms with Gasteiger partial charge in [-0.1, -0.05) is 56.3 Å². The molecule has 3 heteroatoms. The molecule has 1 aromatic carbocycles. The maximum absolute atomic E-state index is 11.9. The number of carbonyl (C=O) groups is 1. The van der Waals surface area contributed by atoms with Crippen LogP contribution in [0.1, 0.15) is 39.2 Å². The van der Waals surface area contributed by atoms with E-state index in [4.69, 9.17) is 16.3 Å². The van der Waals surface area contributed by atoms with E-state index in [0.717, 1.165) is 18.4 Å². The highest BCUT2D eigenvalue weighted by atomic mass is 35.5. The zero-order valence-corrected chi connectivity index (χ0v) is 13.0. The monoisotopic (exact) mass is 292 g/mol. The minimum atomic E-state index is -0.310. The van der Waals surface area contributed by atoms with Crippen LogP contribution in [0.2, 0.25) is 5.02 Å². The molecule has 0 heterocycles. The van der Waals surface area contributed by atoms with Gasteiger partial charge < -0.3 is 4.74 Å². The first-order valence-electron chi connectivity index (χ1n) is 6.93. The van der Waals surface area contributed by atoms with Crippen LogP contribution in [-0.2, 0) is 16.0 Å². The molecule has 1 rings (SSSR count). The Kier molecular flexibility index (Phi) is 7.18. The Labute approximate surface area is 126 Å². The van der Waals surface area contributed by atoms with Crippen molar-refractivity contribution in [2.75, 3.05) is 0 Å². The highest BCUT2D eigenvalue weighted by Crippen LogP contribution is 2.12. The van der Waals surface area contributed by atoms with Crippen LogP contribution in [0.4, 0.5) is 0 Å². The molecule has 0 amide bonds.